The average Bonchev–Trinajstić information content (AvgIpc) is 2.82. The number of nitrogens with zero attached hydrogens (tertiary/aromatic N) is 1. The maximum atomic E-state index is 12.1. The predicted molar refractivity (Wildman–Crippen MR) is 85.9 cm³/mol. The number of halogens is 1. The number of benzene rings is 1. The highest BCUT2D eigenvalue weighted by molar-refractivity contribution is 9.10. The molecule has 1 aliphatic heterocycles. The van der Waals surface area contributed by atoms with Gasteiger partial charge in [0.05, 0.1) is 6.04 Å². The summed E-state index contributed by atoms with van der Waals surface area (Å²) in [5.74, 6) is -0.516. The first-order valence-electron chi connectivity index (χ1n) is 7.39. The molecule has 1 fully saturated rings. The second-order valence-corrected chi connectivity index (χ2v) is 6.18. The molecule has 1 unspecified atom stereocenters. The van der Waals surface area contributed by atoms with Crippen molar-refractivity contribution in [1.29, 1.82) is 0 Å². The maximum absolute atomic E-state index is 12.1. The minimum Gasteiger partial charge on any atom is -0.349 e. The summed E-state index contributed by atoms with van der Waals surface area (Å²) in [5, 5.41) is 2.95. The van der Waals surface area contributed by atoms with Crippen LogP contribution in [0.4, 0.5) is 0 Å². The molecule has 0 radical (unpaired) electrons. The predicted octanol–water partition coefficient (Wildman–Crippen LogP) is 2.56. The number of imide groups is 1. The zero-order valence-corrected chi connectivity index (χ0v) is 14.1. The Morgan fingerprint density at radius 1 is 1.23 bits per heavy atom. The molecule has 1 aliphatic rings. The van der Waals surface area contributed by atoms with Gasteiger partial charge in [0.1, 0.15) is 0 Å². The van der Waals surface area contributed by atoms with E-state index < -0.39 is 0 Å². The van der Waals surface area contributed by atoms with E-state index in [1.165, 1.54) is 4.90 Å². The van der Waals surface area contributed by atoms with Gasteiger partial charge in [0, 0.05) is 30.3 Å². The van der Waals surface area contributed by atoms with Gasteiger partial charge in [-0.05, 0) is 24.1 Å². The third kappa shape index (κ3) is 4.16. The number of amides is 3. The van der Waals surface area contributed by atoms with Crippen LogP contribution in [0.15, 0.2) is 28.7 Å². The Bertz CT molecular complexity index is 555. The van der Waals surface area contributed by atoms with Crippen LogP contribution < -0.4 is 5.32 Å². The van der Waals surface area contributed by atoms with E-state index in [1.54, 1.807) is 0 Å². The Hall–Kier alpha value is -1.69. The van der Waals surface area contributed by atoms with Crippen LogP contribution in [0.5, 0.6) is 0 Å². The molecule has 1 aromatic carbocycles. The Morgan fingerprint density at radius 2 is 1.82 bits per heavy atom. The second kappa shape index (κ2) is 7.54. The first-order valence-corrected chi connectivity index (χ1v) is 8.18. The lowest BCUT2D eigenvalue weighted by atomic mass is 10.0. The van der Waals surface area contributed by atoms with Crippen molar-refractivity contribution < 1.29 is 14.4 Å². The molecule has 0 aromatic heterocycles. The number of hydrogen-bond donors (Lipinski definition) is 1. The Balaban J connectivity index is 1.88. The summed E-state index contributed by atoms with van der Waals surface area (Å²) in [6.45, 7) is 2.17. The van der Waals surface area contributed by atoms with Gasteiger partial charge >= 0.3 is 0 Å². The van der Waals surface area contributed by atoms with E-state index in [0.717, 1.165) is 16.5 Å². The summed E-state index contributed by atoms with van der Waals surface area (Å²) < 4.78 is 0.989. The standard InChI is InChI=1S/C16H19BrN2O3/c1-2-13(11-3-5-12(17)6-4-11)18-14(20)9-10-19-15(21)7-8-16(19)22/h3-6,13H,2,7-10H2,1H3,(H,18,20). The van der Waals surface area contributed by atoms with Gasteiger partial charge in [0.2, 0.25) is 17.7 Å². The third-order valence-corrected chi connectivity index (χ3v) is 4.26. The Labute approximate surface area is 138 Å². The minimum absolute atomic E-state index is 0.0643. The van der Waals surface area contributed by atoms with Gasteiger partial charge in [-0.1, -0.05) is 35.0 Å². The molecule has 0 spiro atoms. The first kappa shape index (κ1) is 16.7. The van der Waals surface area contributed by atoms with Gasteiger partial charge < -0.3 is 5.32 Å². The van der Waals surface area contributed by atoms with Crippen molar-refractivity contribution in [2.24, 2.45) is 0 Å². The van der Waals surface area contributed by atoms with Crippen LogP contribution in [0.1, 0.15) is 44.2 Å². The van der Waals surface area contributed by atoms with Crippen LogP contribution in [-0.4, -0.2) is 29.2 Å². The number of likely N-dealkylation sites (tertiary alicyclic amines) is 1. The lowest BCUT2D eigenvalue weighted by molar-refractivity contribution is -0.138. The highest BCUT2D eigenvalue weighted by Gasteiger charge is 2.28. The van der Waals surface area contributed by atoms with E-state index in [1.807, 2.05) is 31.2 Å². The molecule has 1 N–H and O–H groups in total. The summed E-state index contributed by atoms with van der Waals surface area (Å²) in [6.07, 6.45) is 1.44. The van der Waals surface area contributed by atoms with Gasteiger partial charge in [0.15, 0.2) is 0 Å². The van der Waals surface area contributed by atoms with Crippen molar-refractivity contribution >= 4 is 33.7 Å². The van der Waals surface area contributed by atoms with E-state index in [2.05, 4.69) is 21.2 Å². The fourth-order valence-corrected chi connectivity index (χ4v) is 2.73. The summed E-state index contributed by atoms with van der Waals surface area (Å²) in [6, 6.07) is 7.74. The van der Waals surface area contributed by atoms with Gasteiger partial charge in [0.25, 0.3) is 0 Å². The molecule has 3 amide bonds. The van der Waals surface area contributed by atoms with E-state index in [9.17, 15) is 14.4 Å². The molecule has 1 atom stereocenters. The average molecular weight is 367 g/mol. The lowest BCUT2D eigenvalue weighted by Crippen LogP contribution is -2.35. The third-order valence-electron chi connectivity index (χ3n) is 3.73. The minimum atomic E-state index is -0.183. The molecule has 1 heterocycles. The Kier molecular flexibility index (Phi) is 5.71. The van der Waals surface area contributed by atoms with E-state index >= 15 is 0 Å². The molecule has 1 saturated heterocycles. The first-order chi connectivity index (χ1) is 10.5. The van der Waals surface area contributed by atoms with Crippen molar-refractivity contribution in [3.63, 3.8) is 0 Å². The van der Waals surface area contributed by atoms with Crippen LogP contribution in [-0.2, 0) is 14.4 Å². The molecule has 0 saturated carbocycles. The quantitative estimate of drug-likeness (QED) is 0.786. The van der Waals surface area contributed by atoms with Crippen LogP contribution in [0.25, 0.3) is 0 Å². The summed E-state index contributed by atoms with van der Waals surface area (Å²) in [4.78, 5) is 36.2. The monoisotopic (exact) mass is 366 g/mol. The molecule has 0 aliphatic carbocycles. The topological polar surface area (TPSA) is 66.5 Å². The summed E-state index contributed by atoms with van der Waals surface area (Å²) in [5.41, 5.74) is 1.03. The molecule has 2 rings (SSSR count). The van der Waals surface area contributed by atoms with Crippen molar-refractivity contribution in [3.05, 3.63) is 34.3 Å². The number of carbonyl (C=O) groups excluding carboxylic acids is 3. The number of rotatable bonds is 6. The van der Waals surface area contributed by atoms with Gasteiger partial charge in [-0.3, -0.25) is 19.3 Å². The lowest BCUT2D eigenvalue weighted by Gasteiger charge is -2.19. The highest BCUT2D eigenvalue weighted by Crippen LogP contribution is 2.19. The molecular weight excluding hydrogens is 348 g/mol. The SMILES string of the molecule is CCC(NC(=O)CCN1C(=O)CCC1=O)c1ccc(Br)cc1. The second-order valence-electron chi connectivity index (χ2n) is 5.27. The number of carbonyl (C=O) groups is 3. The zero-order chi connectivity index (χ0) is 16.1. The molecule has 5 nitrogen and oxygen atoms in total. The normalized spacial score (nSPS) is 16.0. The van der Waals surface area contributed by atoms with E-state index in [0.29, 0.717) is 0 Å². The van der Waals surface area contributed by atoms with Crippen molar-refractivity contribution in [3.8, 4) is 0 Å². The van der Waals surface area contributed by atoms with Crippen LogP contribution in [0.2, 0.25) is 0 Å². The van der Waals surface area contributed by atoms with Crippen molar-refractivity contribution in [2.45, 2.75) is 38.6 Å². The molecule has 0 bridgehead atoms. The van der Waals surface area contributed by atoms with E-state index in [-0.39, 0.29) is 49.6 Å². The Morgan fingerprint density at radius 3 is 2.36 bits per heavy atom. The van der Waals surface area contributed by atoms with Crippen molar-refractivity contribution in [1.82, 2.24) is 10.2 Å². The van der Waals surface area contributed by atoms with Gasteiger partial charge in [-0.2, -0.15) is 0 Å². The maximum Gasteiger partial charge on any atom is 0.229 e. The fraction of sp³-hybridized carbons (Fsp3) is 0.438. The van der Waals surface area contributed by atoms with Crippen LogP contribution >= 0.6 is 15.9 Å². The van der Waals surface area contributed by atoms with E-state index in [4.69, 9.17) is 0 Å². The van der Waals surface area contributed by atoms with Crippen molar-refractivity contribution in [2.75, 3.05) is 6.54 Å². The van der Waals surface area contributed by atoms with Crippen LogP contribution in [0, 0.1) is 0 Å². The summed E-state index contributed by atoms with van der Waals surface area (Å²) in [7, 11) is 0. The highest BCUT2D eigenvalue weighted by atomic mass is 79.9. The number of hydrogen-bond acceptors (Lipinski definition) is 3. The largest absolute Gasteiger partial charge is 0.349 e. The van der Waals surface area contributed by atoms with Gasteiger partial charge in [-0.25, -0.2) is 0 Å². The smallest absolute Gasteiger partial charge is 0.229 e. The van der Waals surface area contributed by atoms with Gasteiger partial charge in [-0.15, -0.1) is 0 Å². The number of nitrogens with one attached hydrogen (secondary N) is 1. The summed E-state index contributed by atoms with van der Waals surface area (Å²) >= 11 is 3.38. The van der Waals surface area contributed by atoms with Crippen LogP contribution in [0.3, 0.4) is 0 Å². The molecule has 6 heteroatoms. The molecule has 22 heavy (non-hydrogen) atoms. The molecular formula is C16H19BrN2O3. The zero-order valence-electron chi connectivity index (χ0n) is 12.5. The molecule has 118 valence electrons. The fourth-order valence-electron chi connectivity index (χ4n) is 2.47. The molecule has 1 aromatic rings.